The van der Waals surface area contributed by atoms with Crippen LogP contribution >= 0.6 is 0 Å². The number of carbonyl (C=O) groups is 2. The second-order valence-electron chi connectivity index (χ2n) is 8.36. The van der Waals surface area contributed by atoms with Crippen molar-refractivity contribution in [1.82, 2.24) is 10.2 Å². The number of amides is 2. The van der Waals surface area contributed by atoms with E-state index in [4.69, 9.17) is 4.74 Å². The highest BCUT2D eigenvalue weighted by atomic mass is 16.5. The van der Waals surface area contributed by atoms with Gasteiger partial charge < -0.3 is 15.0 Å². The van der Waals surface area contributed by atoms with Crippen LogP contribution in [0.5, 0.6) is 0 Å². The van der Waals surface area contributed by atoms with Gasteiger partial charge in [0.2, 0.25) is 11.8 Å². The molecule has 0 spiro atoms. The van der Waals surface area contributed by atoms with Gasteiger partial charge in [-0.15, -0.1) is 0 Å². The normalized spacial score (nSPS) is 16.2. The van der Waals surface area contributed by atoms with Gasteiger partial charge in [0, 0.05) is 19.7 Å². The molecule has 0 bridgehead atoms. The first kappa shape index (κ1) is 22.7. The van der Waals surface area contributed by atoms with Crippen LogP contribution in [-0.4, -0.2) is 36.0 Å². The fourth-order valence-corrected chi connectivity index (χ4v) is 4.20. The predicted molar refractivity (Wildman–Crippen MR) is 128 cm³/mol. The lowest BCUT2D eigenvalue weighted by Gasteiger charge is -2.32. The van der Waals surface area contributed by atoms with Crippen LogP contribution in [0, 0.1) is 0 Å². The highest BCUT2D eigenvalue weighted by Gasteiger charge is 2.32. The van der Waals surface area contributed by atoms with Gasteiger partial charge in [-0.25, -0.2) is 0 Å². The Kier molecular flexibility index (Phi) is 7.88. The number of hydrogen-bond donors (Lipinski definition) is 1. The Hall–Kier alpha value is -3.44. The van der Waals surface area contributed by atoms with Gasteiger partial charge in [-0.05, 0) is 29.5 Å². The third-order valence-electron chi connectivity index (χ3n) is 5.92. The summed E-state index contributed by atoms with van der Waals surface area (Å²) in [4.78, 5) is 28.8. The molecule has 1 aliphatic rings. The standard InChI is InChI=1S/C28H30N2O3/c31-26(19-22-11-4-1-5-12-22)30(21-23-13-6-2-7-14-23)27(24-15-8-3-9-16-24)28(32)29-20-25-17-10-18-33-25/h1-9,11-16,25,27H,10,17-21H2,(H,29,32)/t25-,27-/m1/s1. The molecule has 5 heteroatoms. The van der Waals surface area contributed by atoms with E-state index >= 15 is 0 Å². The van der Waals surface area contributed by atoms with Crippen LogP contribution in [-0.2, 0) is 27.3 Å². The Morgan fingerprint density at radius 1 is 0.879 bits per heavy atom. The summed E-state index contributed by atoms with van der Waals surface area (Å²) in [5.74, 6) is -0.278. The molecule has 170 valence electrons. The molecule has 1 N–H and O–H groups in total. The third kappa shape index (κ3) is 6.30. The number of ether oxygens (including phenoxy) is 1. The highest BCUT2D eigenvalue weighted by Crippen LogP contribution is 2.25. The molecule has 0 aliphatic carbocycles. The number of nitrogens with one attached hydrogen (secondary N) is 1. The molecule has 0 saturated carbocycles. The van der Waals surface area contributed by atoms with Crippen LogP contribution in [0.4, 0.5) is 0 Å². The zero-order valence-corrected chi connectivity index (χ0v) is 18.7. The third-order valence-corrected chi connectivity index (χ3v) is 5.92. The quantitative estimate of drug-likeness (QED) is 0.538. The predicted octanol–water partition coefficient (Wildman–Crippen LogP) is 4.29. The van der Waals surface area contributed by atoms with Gasteiger partial charge in [0.1, 0.15) is 6.04 Å². The van der Waals surface area contributed by atoms with Crippen molar-refractivity contribution in [3.63, 3.8) is 0 Å². The average Bonchev–Trinajstić information content (AvgIpc) is 3.38. The van der Waals surface area contributed by atoms with Gasteiger partial charge in [0.05, 0.1) is 12.5 Å². The van der Waals surface area contributed by atoms with Crippen molar-refractivity contribution in [1.29, 1.82) is 0 Å². The van der Waals surface area contributed by atoms with E-state index in [0.717, 1.165) is 36.1 Å². The first-order valence-corrected chi connectivity index (χ1v) is 11.5. The van der Waals surface area contributed by atoms with E-state index in [-0.39, 0.29) is 24.3 Å². The second-order valence-corrected chi connectivity index (χ2v) is 8.36. The lowest BCUT2D eigenvalue weighted by molar-refractivity contribution is -0.141. The minimum absolute atomic E-state index is 0.0352. The molecule has 0 radical (unpaired) electrons. The number of carbonyl (C=O) groups excluding carboxylic acids is 2. The maximum absolute atomic E-state index is 13.6. The first-order chi connectivity index (χ1) is 16.2. The zero-order chi connectivity index (χ0) is 22.9. The topological polar surface area (TPSA) is 58.6 Å². The molecule has 1 heterocycles. The summed E-state index contributed by atoms with van der Waals surface area (Å²) in [5.41, 5.74) is 2.69. The van der Waals surface area contributed by atoms with E-state index in [2.05, 4.69) is 5.32 Å². The zero-order valence-electron chi connectivity index (χ0n) is 18.7. The maximum Gasteiger partial charge on any atom is 0.247 e. The Bertz CT molecular complexity index is 1020. The molecule has 0 aromatic heterocycles. The van der Waals surface area contributed by atoms with Crippen molar-refractivity contribution in [2.75, 3.05) is 13.2 Å². The lowest BCUT2D eigenvalue weighted by atomic mass is 10.0. The fourth-order valence-electron chi connectivity index (χ4n) is 4.20. The average molecular weight is 443 g/mol. The van der Waals surface area contributed by atoms with Crippen LogP contribution in [0.25, 0.3) is 0 Å². The summed E-state index contributed by atoms with van der Waals surface area (Å²) < 4.78 is 5.68. The summed E-state index contributed by atoms with van der Waals surface area (Å²) in [6.07, 6.45) is 2.22. The summed E-state index contributed by atoms with van der Waals surface area (Å²) in [7, 11) is 0. The van der Waals surface area contributed by atoms with E-state index in [1.807, 2.05) is 91.0 Å². The van der Waals surface area contributed by atoms with Crippen LogP contribution in [0.3, 0.4) is 0 Å². The van der Waals surface area contributed by atoms with Crippen molar-refractivity contribution < 1.29 is 14.3 Å². The molecule has 4 rings (SSSR count). The Morgan fingerprint density at radius 2 is 1.48 bits per heavy atom. The van der Waals surface area contributed by atoms with Gasteiger partial charge in [-0.1, -0.05) is 91.0 Å². The van der Waals surface area contributed by atoms with Crippen molar-refractivity contribution in [2.45, 2.75) is 38.0 Å². The largest absolute Gasteiger partial charge is 0.376 e. The van der Waals surface area contributed by atoms with Gasteiger partial charge in [0.15, 0.2) is 0 Å². The number of rotatable bonds is 9. The molecular weight excluding hydrogens is 412 g/mol. The van der Waals surface area contributed by atoms with Crippen molar-refractivity contribution in [3.8, 4) is 0 Å². The van der Waals surface area contributed by atoms with Gasteiger partial charge >= 0.3 is 0 Å². The molecule has 5 nitrogen and oxygen atoms in total. The van der Waals surface area contributed by atoms with E-state index in [1.54, 1.807) is 4.90 Å². The van der Waals surface area contributed by atoms with Crippen LogP contribution in [0.15, 0.2) is 91.0 Å². The Morgan fingerprint density at radius 3 is 2.09 bits per heavy atom. The second kappa shape index (κ2) is 11.4. The maximum atomic E-state index is 13.6. The number of hydrogen-bond acceptors (Lipinski definition) is 3. The van der Waals surface area contributed by atoms with Gasteiger partial charge in [0.25, 0.3) is 0 Å². The van der Waals surface area contributed by atoms with E-state index in [9.17, 15) is 9.59 Å². The highest BCUT2D eigenvalue weighted by molar-refractivity contribution is 5.89. The molecule has 3 aromatic rings. The smallest absolute Gasteiger partial charge is 0.247 e. The van der Waals surface area contributed by atoms with Crippen molar-refractivity contribution in [3.05, 3.63) is 108 Å². The minimum atomic E-state index is -0.732. The molecular formula is C28H30N2O3. The van der Waals surface area contributed by atoms with Gasteiger partial charge in [-0.2, -0.15) is 0 Å². The fraction of sp³-hybridized carbons (Fsp3) is 0.286. The molecule has 3 aromatic carbocycles. The van der Waals surface area contributed by atoms with Crippen LogP contribution in [0.1, 0.15) is 35.6 Å². The molecule has 0 unspecified atom stereocenters. The number of nitrogens with zero attached hydrogens (tertiary/aromatic N) is 1. The molecule has 1 saturated heterocycles. The Labute approximate surface area is 195 Å². The van der Waals surface area contributed by atoms with Crippen LogP contribution < -0.4 is 5.32 Å². The molecule has 1 aliphatic heterocycles. The molecule has 1 fully saturated rings. The lowest BCUT2D eigenvalue weighted by Crippen LogP contribution is -2.45. The van der Waals surface area contributed by atoms with Crippen LogP contribution in [0.2, 0.25) is 0 Å². The summed E-state index contributed by atoms with van der Waals surface area (Å²) >= 11 is 0. The van der Waals surface area contributed by atoms with E-state index in [0.29, 0.717) is 13.1 Å². The van der Waals surface area contributed by atoms with Crippen molar-refractivity contribution in [2.24, 2.45) is 0 Å². The summed E-state index contributed by atoms with van der Waals surface area (Å²) in [5, 5.41) is 3.05. The first-order valence-electron chi connectivity index (χ1n) is 11.5. The Balaban J connectivity index is 1.63. The SMILES string of the molecule is O=C(NC[C@H]1CCCO1)[C@@H](c1ccccc1)N(Cc1ccccc1)C(=O)Cc1ccccc1. The molecule has 33 heavy (non-hydrogen) atoms. The van der Waals surface area contributed by atoms with E-state index < -0.39 is 6.04 Å². The van der Waals surface area contributed by atoms with Crippen molar-refractivity contribution >= 4 is 11.8 Å². The summed E-state index contributed by atoms with van der Waals surface area (Å²) in [6.45, 7) is 1.53. The molecule has 2 amide bonds. The van der Waals surface area contributed by atoms with E-state index in [1.165, 1.54) is 0 Å². The monoisotopic (exact) mass is 442 g/mol. The number of benzene rings is 3. The summed E-state index contributed by atoms with van der Waals surface area (Å²) in [6, 6.07) is 28.3. The molecule has 2 atom stereocenters. The minimum Gasteiger partial charge on any atom is -0.376 e. The van der Waals surface area contributed by atoms with Gasteiger partial charge in [-0.3, -0.25) is 9.59 Å².